The summed E-state index contributed by atoms with van der Waals surface area (Å²) in [7, 11) is 0. The summed E-state index contributed by atoms with van der Waals surface area (Å²) in [6.07, 6.45) is 8.98. The molecule has 1 saturated carbocycles. The highest BCUT2D eigenvalue weighted by Gasteiger charge is 2.42. The summed E-state index contributed by atoms with van der Waals surface area (Å²) in [5, 5.41) is 6.01. The molecule has 3 aliphatic rings. The van der Waals surface area contributed by atoms with Gasteiger partial charge in [0.25, 0.3) is 0 Å². The second-order valence-electron chi connectivity index (χ2n) is 7.55. The predicted octanol–water partition coefficient (Wildman–Crippen LogP) is 2.57. The first-order valence-corrected chi connectivity index (χ1v) is 9.57. The standard InChI is InChI=1S/C18H32N2O4/c1-2-17(6-4-3-5-7-17)14-20-16(21)19-12-15-13-23-18(24-15)8-10-22-11-9-18/h15H,2-14H2,1H3,(H2,19,20,21)/t15-/m0/s1. The van der Waals surface area contributed by atoms with Gasteiger partial charge in [0.05, 0.1) is 19.8 Å². The SMILES string of the molecule is CCC1(CNC(=O)NC[C@H]2COC3(CCOCC3)O2)CCCCC1. The molecule has 0 aromatic heterocycles. The van der Waals surface area contributed by atoms with E-state index in [4.69, 9.17) is 14.2 Å². The topological polar surface area (TPSA) is 68.8 Å². The first-order chi connectivity index (χ1) is 11.7. The Bertz CT molecular complexity index is 417. The molecule has 2 amide bonds. The van der Waals surface area contributed by atoms with Gasteiger partial charge in [-0.15, -0.1) is 0 Å². The summed E-state index contributed by atoms with van der Waals surface area (Å²) in [6, 6.07) is -0.0927. The summed E-state index contributed by atoms with van der Waals surface area (Å²) in [6.45, 7) is 5.41. The van der Waals surface area contributed by atoms with Crippen LogP contribution in [0.25, 0.3) is 0 Å². The fourth-order valence-electron chi connectivity index (χ4n) is 4.16. The predicted molar refractivity (Wildman–Crippen MR) is 90.8 cm³/mol. The lowest BCUT2D eigenvalue weighted by Gasteiger charge is -2.36. The number of amides is 2. The van der Waals surface area contributed by atoms with E-state index in [1.807, 2.05) is 0 Å². The second kappa shape index (κ2) is 8.02. The third kappa shape index (κ3) is 4.41. The maximum atomic E-state index is 12.1. The first-order valence-electron chi connectivity index (χ1n) is 9.57. The molecule has 6 heteroatoms. The van der Waals surface area contributed by atoms with E-state index in [9.17, 15) is 4.79 Å². The maximum absolute atomic E-state index is 12.1. The molecule has 0 aromatic rings. The molecule has 2 aliphatic heterocycles. The average molecular weight is 340 g/mol. The number of ether oxygens (including phenoxy) is 3. The summed E-state index contributed by atoms with van der Waals surface area (Å²) in [5.74, 6) is -0.477. The Labute approximate surface area is 145 Å². The third-order valence-corrected chi connectivity index (χ3v) is 5.95. The van der Waals surface area contributed by atoms with E-state index in [1.165, 1.54) is 32.1 Å². The summed E-state index contributed by atoms with van der Waals surface area (Å²) >= 11 is 0. The molecule has 2 N–H and O–H groups in total. The van der Waals surface area contributed by atoms with Gasteiger partial charge >= 0.3 is 6.03 Å². The number of hydrogen-bond acceptors (Lipinski definition) is 4. The average Bonchev–Trinajstić information content (AvgIpc) is 3.02. The van der Waals surface area contributed by atoms with Crippen LogP contribution in [0, 0.1) is 5.41 Å². The molecule has 0 bridgehead atoms. The number of nitrogens with one attached hydrogen (secondary N) is 2. The van der Waals surface area contributed by atoms with Crippen LogP contribution in [-0.2, 0) is 14.2 Å². The smallest absolute Gasteiger partial charge is 0.314 e. The van der Waals surface area contributed by atoms with Gasteiger partial charge in [0.2, 0.25) is 0 Å². The molecule has 138 valence electrons. The quantitative estimate of drug-likeness (QED) is 0.807. The molecule has 1 aliphatic carbocycles. The third-order valence-electron chi connectivity index (χ3n) is 5.95. The zero-order valence-electron chi connectivity index (χ0n) is 14.9. The van der Waals surface area contributed by atoms with E-state index in [0.717, 1.165) is 25.8 Å². The lowest BCUT2D eigenvalue weighted by atomic mass is 9.72. The van der Waals surface area contributed by atoms with Crippen molar-refractivity contribution in [2.75, 3.05) is 32.9 Å². The first kappa shape index (κ1) is 18.0. The number of carbonyl (C=O) groups excluding carboxylic acids is 1. The summed E-state index contributed by atoms with van der Waals surface area (Å²) in [5.41, 5.74) is 0.300. The molecule has 1 atom stereocenters. The number of hydrogen-bond donors (Lipinski definition) is 2. The fraction of sp³-hybridized carbons (Fsp3) is 0.944. The van der Waals surface area contributed by atoms with E-state index in [-0.39, 0.29) is 12.1 Å². The Morgan fingerprint density at radius 2 is 1.83 bits per heavy atom. The van der Waals surface area contributed by atoms with Crippen molar-refractivity contribution in [1.82, 2.24) is 10.6 Å². The van der Waals surface area contributed by atoms with Crippen LogP contribution in [0.3, 0.4) is 0 Å². The highest BCUT2D eigenvalue weighted by Crippen LogP contribution is 2.38. The van der Waals surface area contributed by atoms with Crippen LogP contribution < -0.4 is 10.6 Å². The van der Waals surface area contributed by atoms with Gasteiger partial charge in [-0.1, -0.05) is 26.2 Å². The van der Waals surface area contributed by atoms with Crippen molar-refractivity contribution in [2.24, 2.45) is 5.41 Å². The van der Waals surface area contributed by atoms with Gasteiger partial charge in [0.1, 0.15) is 6.10 Å². The Balaban J connectivity index is 1.37. The molecule has 6 nitrogen and oxygen atoms in total. The molecule has 24 heavy (non-hydrogen) atoms. The minimum atomic E-state index is -0.477. The molecule has 0 radical (unpaired) electrons. The van der Waals surface area contributed by atoms with E-state index in [0.29, 0.717) is 31.8 Å². The molecular weight excluding hydrogens is 308 g/mol. The zero-order chi connectivity index (χ0) is 16.9. The summed E-state index contributed by atoms with van der Waals surface area (Å²) < 4.78 is 17.2. The van der Waals surface area contributed by atoms with Crippen LogP contribution >= 0.6 is 0 Å². The van der Waals surface area contributed by atoms with Gasteiger partial charge in [0, 0.05) is 25.9 Å². The fourth-order valence-corrected chi connectivity index (χ4v) is 4.16. The van der Waals surface area contributed by atoms with Crippen molar-refractivity contribution in [1.29, 1.82) is 0 Å². The minimum Gasteiger partial charge on any atom is -0.381 e. The van der Waals surface area contributed by atoms with Crippen molar-refractivity contribution < 1.29 is 19.0 Å². The van der Waals surface area contributed by atoms with Crippen molar-refractivity contribution in [3.05, 3.63) is 0 Å². The molecule has 3 rings (SSSR count). The normalized spacial score (nSPS) is 28.6. The van der Waals surface area contributed by atoms with Gasteiger partial charge in [0.15, 0.2) is 5.79 Å². The lowest BCUT2D eigenvalue weighted by molar-refractivity contribution is -0.210. The van der Waals surface area contributed by atoms with Gasteiger partial charge in [-0.05, 0) is 24.7 Å². The van der Waals surface area contributed by atoms with Gasteiger partial charge in [-0.25, -0.2) is 4.79 Å². The summed E-state index contributed by atoms with van der Waals surface area (Å²) in [4.78, 5) is 12.1. The highest BCUT2D eigenvalue weighted by molar-refractivity contribution is 5.73. The molecular formula is C18H32N2O4. The van der Waals surface area contributed by atoms with Crippen molar-refractivity contribution in [3.8, 4) is 0 Å². The minimum absolute atomic E-state index is 0.0661. The van der Waals surface area contributed by atoms with Gasteiger partial charge in [-0.3, -0.25) is 0 Å². The van der Waals surface area contributed by atoms with Crippen molar-refractivity contribution in [2.45, 2.75) is 70.2 Å². The van der Waals surface area contributed by atoms with E-state index in [2.05, 4.69) is 17.6 Å². The number of urea groups is 1. The van der Waals surface area contributed by atoms with Crippen LogP contribution in [0.4, 0.5) is 4.79 Å². The van der Waals surface area contributed by atoms with Crippen LogP contribution in [0.5, 0.6) is 0 Å². The molecule has 0 aromatic carbocycles. The Hall–Kier alpha value is -0.850. The van der Waals surface area contributed by atoms with Gasteiger partial charge < -0.3 is 24.8 Å². The lowest BCUT2D eigenvalue weighted by Crippen LogP contribution is -2.46. The van der Waals surface area contributed by atoms with Crippen LogP contribution in [0.15, 0.2) is 0 Å². The number of rotatable bonds is 5. The molecule has 2 heterocycles. The number of carbonyl (C=O) groups is 1. The van der Waals surface area contributed by atoms with Crippen LogP contribution in [0.2, 0.25) is 0 Å². The Kier molecular flexibility index (Phi) is 6.00. The highest BCUT2D eigenvalue weighted by atomic mass is 16.7. The van der Waals surface area contributed by atoms with Crippen LogP contribution in [-0.4, -0.2) is 50.8 Å². The molecule has 2 saturated heterocycles. The second-order valence-corrected chi connectivity index (χ2v) is 7.55. The van der Waals surface area contributed by atoms with E-state index >= 15 is 0 Å². The zero-order valence-corrected chi connectivity index (χ0v) is 14.9. The maximum Gasteiger partial charge on any atom is 0.314 e. The van der Waals surface area contributed by atoms with Crippen molar-refractivity contribution >= 4 is 6.03 Å². The van der Waals surface area contributed by atoms with Crippen LogP contribution in [0.1, 0.15) is 58.3 Å². The van der Waals surface area contributed by atoms with E-state index < -0.39 is 5.79 Å². The van der Waals surface area contributed by atoms with E-state index in [1.54, 1.807) is 0 Å². The molecule has 0 unspecified atom stereocenters. The largest absolute Gasteiger partial charge is 0.381 e. The van der Waals surface area contributed by atoms with Crippen molar-refractivity contribution in [3.63, 3.8) is 0 Å². The molecule has 1 spiro atoms. The molecule has 3 fully saturated rings. The monoisotopic (exact) mass is 340 g/mol. The Morgan fingerprint density at radius 1 is 1.08 bits per heavy atom. The Morgan fingerprint density at radius 3 is 2.54 bits per heavy atom. The van der Waals surface area contributed by atoms with Gasteiger partial charge in [-0.2, -0.15) is 0 Å².